The van der Waals surface area contributed by atoms with Crippen molar-refractivity contribution < 1.29 is 32.0 Å². The van der Waals surface area contributed by atoms with Gasteiger partial charge < -0.3 is 14.8 Å². The number of nitrogens with zero attached hydrogens (tertiary/aromatic N) is 1. The van der Waals surface area contributed by atoms with Crippen LogP contribution in [0.2, 0.25) is 5.02 Å². The fraction of sp³-hybridized carbons (Fsp3) is 0.143. The zero-order valence-electron chi connectivity index (χ0n) is 16.7. The van der Waals surface area contributed by atoms with E-state index in [2.05, 4.69) is 5.32 Å². The number of alkyl halides is 3. The number of anilines is 1. The lowest BCUT2D eigenvalue weighted by molar-refractivity contribution is -0.385. The van der Waals surface area contributed by atoms with E-state index in [-0.39, 0.29) is 22.3 Å². The van der Waals surface area contributed by atoms with Gasteiger partial charge >= 0.3 is 11.9 Å². The van der Waals surface area contributed by atoms with Gasteiger partial charge in [-0.15, -0.1) is 0 Å². The molecule has 0 radical (unpaired) electrons. The Hall–Kier alpha value is -2.80. The van der Waals surface area contributed by atoms with Crippen molar-refractivity contribution in [3.05, 3.63) is 84.2 Å². The van der Waals surface area contributed by atoms with Gasteiger partial charge in [0, 0.05) is 18.3 Å². The molecule has 0 atom stereocenters. The smallest absolute Gasteiger partial charge is 0.416 e. The number of hydrogen-bond donors (Lipinski definition) is 1. The third-order valence-corrected chi connectivity index (χ3v) is 5.49. The first-order valence-electron chi connectivity index (χ1n) is 9.08. The van der Waals surface area contributed by atoms with E-state index in [0.717, 1.165) is 11.6 Å². The Balaban J connectivity index is 1.88. The molecule has 3 rings (SSSR count). The van der Waals surface area contributed by atoms with Crippen molar-refractivity contribution in [2.45, 2.75) is 12.7 Å². The summed E-state index contributed by atoms with van der Waals surface area (Å²) >= 11 is 7.69. The Kier molecular flexibility index (Phi) is 7.52. The van der Waals surface area contributed by atoms with Crippen LogP contribution < -0.4 is 14.8 Å². The van der Waals surface area contributed by atoms with E-state index in [9.17, 15) is 27.7 Å². The Morgan fingerprint density at radius 3 is 2.45 bits per heavy atom. The van der Waals surface area contributed by atoms with Crippen molar-refractivity contribution in [2.75, 3.05) is 12.4 Å². The van der Waals surface area contributed by atoms with Gasteiger partial charge in [0.2, 0.25) is 5.75 Å². The predicted molar refractivity (Wildman–Crippen MR) is 123 cm³/mol. The second-order valence-electron chi connectivity index (χ2n) is 6.63. The standard InChI is InChI=1S/C21H14ClF4IN2O4/c1-32-19-7-11(10-28-13-3-4-15(23)14(22)9-13)6-16(27)20(19)33-18-5-2-12(21(24,25)26)8-17(18)29(30)31/h2-9,28H,10H2,1H3. The molecule has 0 unspecified atom stereocenters. The molecular weight excluding hydrogens is 583 g/mol. The molecule has 0 saturated heterocycles. The summed E-state index contributed by atoms with van der Waals surface area (Å²) in [6.07, 6.45) is -4.74. The van der Waals surface area contributed by atoms with E-state index in [0.29, 0.717) is 27.9 Å². The molecule has 12 heteroatoms. The van der Waals surface area contributed by atoms with Crippen LogP contribution in [0.25, 0.3) is 0 Å². The van der Waals surface area contributed by atoms with E-state index in [1.165, 1.54) is 25.3 Å². The molecule has 0 aliphatic rings. The lowest BCUT2D eigenvalue weighted by Crippen LogP contribution is -2.06. The van der Waals surface area contributed by atoms with E-state index in [1.54, 1.807) is 12.1 Å². The molecule has 0 saturated carbocycles. The Labute approximate surface area is 203 Å². The lowest BCUT2D eigenvalue weighted by atomic mass is 10.1. The number of nitro groups is 1. The zero-order chi connectivity index (χ0) is 24.3. The summed E-state index contributed by atoms with van der Waals surface area (Å²) in [6.45, 7) is 0.301. The largest absolute Gasteiger partial charge is 0.493 e. The molecular formula is C21H14ClF4IN2O4. The summed E-state index contributed by atoms with van der Waals surface area (Å²) in [5.41, 5.74) is -0.686. The fourth-order valence-electron chi connectivity index (χ4n) is 2.82. The molecule has 3 aromatic carbocycles. The summed E-state index contributed by atoms with van der Waals surface area (Å²) in [4.78, 5) is 10.4. The Bertz CT molecular complexity index is 1210. The van der Waals surface area contributed by atoms with Crippen LogP contribution in [0.15, 0.2) is 48.5 Å². The number of rotatable bonds is 7. The number of nitro benzene ring substituents is 1. The maximum Gasteiger partial charge on any atom is 0.416 e. The van der Waals surface area contributed by atoms with Crippen molar-refractivity contribution in [3.8, 4) is 17.2 Å². The molecule has 0 aliphatic carbocycles. The number of ether oxygens (including phenoxy) is 2. The van der Waals surface area contributed by atoms with Crippen molar-refractivity contribution >= 4 is 45.6 Å². The molecule has 0 spiro atoms. The summed E-state index contributed by atoms with van der Waals surface area (Å²) in [6, 6.07) is 9.49. The van der Waals surface area contributed by atoms with Crippen LogP contribution in [-0.4, -0.2) is 12.0 Å². The van der Waals surface area contributed by atoms with Gasteiger partial charge in [0.25, 0.3) is 0 Å². The molecule has 1 N–H and O–H groups in total. The van der Waals surface area contributed by atoms with Crippen LogP contribution in [0.3, 0.4) is 0 Å². The summed E-state index contributed by atoms with van der Waals surface area (Å²) < 4.78 is 63.6. The van der Waals surface area contributed by atoms with Crippen LogP contribution in [0.5, 0.6) is 17.2 Å². The van der Waals surface area contributed by atoms with Crippen LogP contribution in [0.4, 0.5) is 28.9 Å². The summed E-state index contributed by atoms with van der Waals surface area (Å²) in [5, 5.41) is 14.4. The molecule has 33 heavy (non-hydrogen) atoms. The number of nitrogens with one attached hydrogen (secondary N) is 1. The third-order valence-electron chi connectivity index (χ3n) is 4.40. The molecule has 0 amide bonds. The SMILES string of the molecule is COc1cc(CNc2ccc(F)c(Cl)c2)cc(I)c1Oc1ccc(C(F)(F)F)cc1[N+](=O)[O-]. The average molecular weight is 597 g/mol. The van der Waals surface area contributed by atoms with Crippen LogP contribution in [0.1, 0.15) is 11.1 Å². The van der Waals surface area contributed by atoms with Gasteiger partial charge in [0.1, 0.15) is 5.82 Å². The quantitative estimate of drug-likeness (QED) is 0.133. The van der Waals surface area contributed by atoms with Gasteiger partial charge in [-0.05, 0) is 70.6 Å². The van der Waals surface area contributed by atoms with Gasteiger partial charge in [-0.25, -0.2) is 4.39 Å². The molecule has 6 nitrogen and oxygen atoms in total. The minimum atomic E-state index is -4.74. The Morgan fingerprint density at radius 1 is 1.12 bits per heavy atom. The van der Waals surface area contributed by atoms with E-state index >= 15 is 0 Å². The second kappa shape index (κ2) is 10.00. The van der Waals surface area contributed by atoms with Crippen molar-refractivity contribution in [2.24, 2.45) is 0 Å². The normalized spacial score (nSPS) is 11.2. The fourth-order valence-corrected chi connectivity index (χ4v) is 3.77. The minimum absolute atomic E-state index is 0.0333. The predicted octanol–water partition coefficient (Wildman–Crippen LogP) is 7.42. The highest BCUT2D eigenvalue weighted by atomic mass is 127. The monoisotopic (exact) mass is 596 g/mol. The van der Waals surface area contributed by atoms with Gasteiger partial charge in [0.15, 0.2) is 11.5 Å². The Morgan fingerprint density at radius 2 is 1.85 bits per heavy atom. The zero-order valence-corrected chi connectivity index (χ0v) is 19.6. The molecule has 0 bridgehead atoms. The first-order valence-corrected chi connectivity index (χ1v) is 10.5. The lowest BCUT2D eigenvalue weighted by Gasteiger charge is -2.16. The van der Waals surface area contributed by atoms with Crippen molar-refractivity contribution in [3.63, 3.8) is 0 Å². The number of benzene rings is 3. The van der Waals surface area contributed by atoms with Crippen molar-refractivity contribution in [1.29, 1.82) is 0 Å². The number of methoxy groups -OCH3 is 1. The van der Waals surface area contributed by atoms with Gasteiger partial charge in [-0.3, -0.25) is 10.1 Å². The number of halogens is 6. The first kappa shape index (κ1) is 24.8. The van der Waals surface area contributed by atoms with E-state index < -0.39 is 28.2 Å². The van der Waals surface area contributed by atoms with Crippen LogP contribution >= 0.6 is 34.2 Å². The second-order valence-corrected chi connectivity index (χ2v) is 8.20. The maximum absolute atomic E-state index is 13.3. The van der Waals surface area contributed by atoms with Crippen LogP contribution in [0, 0.1) is 19.5 Å². The topological polar surface area (TPSA) is 73.6 Å². The highest BCUT2D eigenvalue weighted by Gasteiger charge is 2.33. The van der Waals surface area contributed by atoms with E-state index in [1.807, 2.05) is 22.6 Å². The van der Waals surface area contributed by atoms with E-state index in [4.69, 9.17) is 21.1 Å². The highest BCUT2D eigenvalue weighted by Crippen LogP contribution is 2.42. The molecule has 174 valence electrons. The molecule has 0 heterocycles. The van der Waals surface area contributed by atoms with Gasteiger partial charge in [-0.1, -0.05) is 11.6 Å². The highest BCUT2D eigenvalue weighted by molar-refractivity contribution is 14.1. The first-order chi connectivity index (χ1) is 15.5. The van der Waals surface area contributed by atoms with Crippen LogP contribution in [-0.2, 0) is 12.7 Å². The molecule has 0 fully saturated rings. The van der Waals surface area contributed by atoms with Gasteiger partial charge in [-0.2, -0.15) is 13.2 Å². The minimum Gasteiger partial charge on any atom is -0.493 e. The molecule has 0 aromatic heterocycles. The summed E-state index contributed by atoms with van der Waals surface area (Å²) in [5.74, 6) is -0.590. The van der Waals surface area contributed by atoms with Gasteiger partial charge in [0.05, 0.1) is 26.2 Å². The average Bonchev–Trinajstić information content (AvgIpc) is 2.75. The number of hydrogen-bond acceptors (Lipinski definition) is 5. The maximum atomic E-state index is 13.3. The van der Waals surface area contributed by atoms with Crippen molar-refractivity contribution in [1.82, 2.24) is 0 Å². The molecule has 3 aromatic rings. The third kappa shape index (κ3) is 5.96. The summed E-state index contributed by atoms with van der Waals surface area (Å²) in [7, 11) is 1.36. The molecule has 0 aliphatic heterocycles.